The second-order valence-electron chi connectivity index (χ2n) is 0.865. The van der Waals surface area contributed by atoms with E-state index in [9.17, 15) is 0 Å². The zero-order chi connectivity index (χ0) is 3.54. The molecule has 25 valence electrons. The summed E-state index contributed by atoms with van der Waals surface area (Å²) in [6.45, 7) is 0.833. The minimum atomic E-state index is 0.833. The molecule has 0 unspecified atom stereocenters. The normalized spacial score (nSPS) is 17.6. The Morgan fingerprint density at radius 2 is 2.80 bits per heavy atom. The highest BCUT2D eigenvalue weighted by Gasteiger charge is 1.73. The molecule has 0 saturated heterocycles. The van der Waals surface area contributed by atoms with E-state index >= 15 is 0 Å². The van der Waals surface area contributed by atoms with Crippen LogP contribution in [0.15, 0.2) is 11.1 Å². The number of hydrogen-bond acceptors (Lipinski definition) is 1. The summed E-state index contributed by atoms with van der Waals surface area (Å²) in [5.41, 5.74) is 0. The fourth-order valence-electron chi connectivity index (χ4n) is 0.264. The first-order valence-electron chi connectivity index (χ1n) is 1.56. The van der Waals surface area contributed by atoms with Gasteiger partial charge in [-0.2, -0.15) is 0 Å². The molecule has 0 aromatic rings. The number of hydrogen-bond donors (Lipinski definition) is 0. The van der Waals surface area contributed by atoms with Crippen LogP contribution >= 0.6 is 0 Å². The van der Waals surface area contributed by atoms with Gasteiger partial charge in [-0.3, -0.25) is 4.99 Å². The Kier molecular flexibility index (Phi) is 0.537. The minimum absolute atomic E-state index is 0.833. The second kappa shape index (κ2) is 1.02. The van der Waals surface area contributed by atoms with Crippen molar-refractivity contribution in [1.82, 2.24) is 0 Å². The van der Waals surface area contributed by atoms with Crippen LogP contribution in [-0.2, 0) is 0 Å². The predicted octanol–water partition coefficient (Wildman–Crippen LogP) is 0.430. The van der Waals surface area contributed by atoms with Crippen LogP contribution in [0.3, 0.4) is 0 Å². The molecule has 1 heteroatoms. The van der Waals surface area contributed by atoms with Crippen LogP contribution in [0.5, 0.6) is 0 Å². The Morgan fingerprint density at radius 3 is 3.00 bits per heavy atom. The lowest BCUT2D eigenvalue weighted by atomic mass is 10.6. The van der Waals surface area contributed by atoms with Gasteiger partial charge in [-0.25, -0.2) is 0 Å². The molecule has 0 amide bonds. The third-order valence-corrected chi connectivity index (χ3v) is 0.480. The first-order valence-corrected chi connectivity index (χ1v) is 1.56. The summed E-state index contributed by atoms with van der Waals surface area (Å²) < 4.78 is 0. The molecule has 0 atom stereocenters. The highest BCUT2D eigenvalue weighted by Crippen LogP contribution is 1.77. The molecule has 0 N–H and O–H groups in total. The maximum absolute atomic E-state index is 3.79. The topological polar surface area (TPSA) is 12.4 Å². The first kappa shape index (κ1) is 2.64. The number of aliphatic imine (C=N–C) groups is 1. The van der Waals surface area contributed by atoms with Gasteiger partial charge in [0.05, 0.1) is 6.54 Å². The van der Waals surface area contributed by atoms with Crippen LogP contribution in [0.4, 0.5) is 0 Å². The zero-order valence-electron chi connectivity index (χ0n) is 2.81. The van der Waals surface area contributed by atoms with Crippen molar-refractivity contribution in [3.05, 3.63) is 12.2 Å². The van der Waals surface area contributed by atoms with Gasteiger partial charge in [0.15, 0.2) is 0 Å². The molecule has 0 aromatic carbocycles. The Hall–Kier alpha value is -0.590. The molecule has 1 nitrogen and oxygen atoms in total. The molecule has 1 aliphatic rings. The monoisotopic (exact) mass is 66.0 g/mol. The van der Waals surface area contributed by atoms with Crippen LogP contribution in [0.25, 0.3) is 0 Å². The van der Waals surface area contributed by atoms with Gasteiger partial charge in [0.2, 0.25) is 0 Å². The Balaban J connectivity index is 2.61. The summed E-state index contributed by atoms with van der Waals surface area (Å²) >= 11 is 0. The van der Waals surface area contributed by atoms with Crippen LogP contribution in [0.2, 0.25) is 0 Å². The van der Waals surface area contributed by atoms with Gasteiger partial charge in [0.1, 0.15) is 0 Å². The van der Waals surface area contributed by atoms with Crippen LogP contribution in [-0.4, -0.2) is 12.8 Å². The van der Waals surface area contributed by atoms with Gasteiger partial charge in [0.25, 0.3) is 0 Å². The van der Waals surface area contributed by atoms with E-state index in [0.717, 1.165) is 6.54 Å². The molecule has 0 fully saturated rings. The van der Waals surface area contributed by atoms with Gasteiger partial charge >= 0.3 is 0 Å². The summed E-state index contributed by atoms with van der Waals surface area (Å²) in [5.74, 6) is 0. The number of allylic oxidation sites excluding steroid dienone is 1. The predicted molar refractivity (Wildman–Crippen MR) is 21.2 cm³/mol. The van der Waals surface area contributed by atoms with Gasteiger partial charge in [-0.15, -0.1) is 0 Å². The molecule has 1 rings (SSSR count). The molecular formula is C4H4N. The Morgan fingerprint density at radius 1 is 1.80 bits per heavy atom. The lowest BCUT2D eigenvalue weighted by molar-refractivity contribution is 1.29. The molecule has 0 aromatic heterocycles. The van der Waals surface area contributed by atoms with Crippen molar-refractivity contribution >= 4 is 6.21 Å². The minimum Gasteiger partial charge on any atom is -0.288 e. The summed E-state index contributed by atoms with van der Waals surface area (Å²) in [7, 11) is 0. The quantitative estimate of drug-likeness (QED) is 0.389. The standard InChI is InChI=1S/C4H4N/c1-2-4-5-3-1/h1,4H,3H2. The largest absolute Gasteiger partial charge is 0.288 e. The van der Waals surface area contributed by atoms with Gasteiger partial charge in [-0.1, -0.05) is 6.08 Å². The van der Waals surface area contributed by atoms with E-state index in [-0.39, 0.29) is 0 Å². The van der Waals surface area contributed by atoms with Crippen LogP contribution < -0.4 is 0 Å². The average molecular weight is 66.1 g/mol. The lowest BCUT2D eigenvalue weighted by Gasteiger charge is -1.59. The fraction of sp³-hybridized carbons (Fsp3) is 0.250. The SMILES string of the molecule is [C]1=CCN=C1. The van der Waals surface area contributed by atoms with E-state index in [4.69, 9.17) is 0 Å². The third kappa shape index (κ3) is 0.349. The van der Waals surface area contributed by atoms with Crippen molar-refractivity contribution in [2.24, 2.45) is 4.99 Å². The van der Waals surface area contributed by atoms with Crippen molar-refractivity contribution in [2.75, 3.05) is 6.54 Å². The van der Waals surface area contributed by atoms with Crippen molar-refractivity contribution in [2.45, 2.75) is 0 Å². The third-order valence-electron chi connectivity index (χ3n) is 0.480. The van der Waals surface area contributed by atoms with Gasteiger partial charge in [-0.05, 0) is 6.08 Å². The van der Waals surface area contributed by atoms with Gasteiger partial charge < -0.3 is 0 Å². The summed E-state index contributed by atoms with van der Waals surface area (Å²) in [5, 5.41) is 0. The average Bonchev–Trinajstić information content (AvgIpc) is 1.76. The van der Waals surface area contributed by atoms with Crippen molar-refractivity contribution in [3.8, 4) is 0 Å². The molecule has 0 bridgehead atoms. The van der Waals surface area contributed by atoms with Crippen molar-refractivity contribution in [3.63, 3.8) is 0 Å². The maximum atomic E-state index is 3.79. The number of rotatable bonds is 0. The Labute approximate surface area is 31.0 Å². The zero-order valence-corrected chi connectivity index (χ0v) is 2.81. The van der Waals surface area contributed by atoms with E-state index in [2.05, 4.69) is 11.1 Å². The molecule has 1 heterocycles. The summed E-state index contributed by atoms with van der Waals surface area (Å²) in [6.07, 6.45) is 6.38. The molecule has 5 heavy (non-hydrogen) atoms. The summed E-state index contributed by atoms with van der Waals surface area (Å²) in [6, 6.07) is 0. The number of nitrogens with zero attached hydrogens (tertiary/aromatic N) is 1. The van der Waals surface area contributed by atoms with Crippen molar-refractivity contribution < 1.29 is 0 Å². The maximum Gasteiger partial charge on any atom is 0.0580 e. The Bertz CT molecular complexity index is 61.7. The first-order chi connectivity index (χ1) is 2.50. The van der Waals surface area contributed by atoms with E-state index < -0.39 is 0 Å². The lowest BCUT2D eigenvalue weighted by Crippen LogP contribution is -1.54. The summed E-state index contributed by atoms with van der Waals surface area (Å²) in [4.78, 5) is 3.79. The highest BCUT2D eigenvalue weighted by molar-refractivity contribution is 5.68. The second-order valence-corrected chi connectivity index (χ2v) is 0.865. The fourth-order valence-corrected chi connectivity index (χ4v) is 0.264. The molecule has 1 radical (unpaired) electrons. The van der Waals surface area contributed by atoms with Gasteiger partial charge in [0, 0.05) is 6.21 Å². The van der Waals surface area contributed by atoms with E-state index in [1.807, 2.05) is 6.08 Å². The molecule has 0 spiro atoms. The molecule has 0 saturated carbocycles. The molecular weight excluding hydrogens is 62.1 g/mol. The van der Waals surface area contributed by atoms with E-state index in [1.54, 1.807) is 6.21 Å². The molecule has 1 aliphatic heterocycles. The highest BCUT2D eigenvalue weighted by atomic mass is 14.7. The smallest absolute Gasteiger partial charge is 0.0580 e. The van der Waals surface area contributed by atoms with E-state index in [0.29, 0.717) is 0 Å². The van der Waals surface area contributed by atoms with E-state index in [1.165, 1.54) is 0 Å². The van der Waals surface area contributed by atoms with Crippen molar-refractivity contribution in [1.29, 1.82) is 0 Å². The van der Waals surface area contributed by atoms with Crippen LogP contribution in [0, 0.1) is 6.08 Å². The van der Waals surface area contributed by atoms with Crippen LogP contribution in [0.1, 0.15) is 0 Å². The molecule has 0 aliphatic carbocycles.